The fourth-order valence-electron chi connectivity index (χ4n) is 9.57. The van der Waals surface area contributed by atoms with Crippen molar-refractivity contribution in [3.63, 3.8) is 0 Å². The molecule has 2 aliphatic carbocycles. The van der Waals surface area contributed by atoms with Crippen molar-refractivity contribution in [1.29, 1.82) is 0 Å². The number of ketones is 1. The van der Waals surface area contributed by atoms with E-state index in [1.807, 2.05) is 65.7 Å². The van der Waals surface area contributed by atoms with E-state index in [1.165, 1.54) is 11.1 Å². The van der Waals surface area contributed by atoms with Gasteiger partial charge in [0, 0.05) is 35.9 Å². The van der Waals surface area contributed by atoms with E-state index in [9.17, 15) is 9.59 Å². The Morgan fingerprint density at radius 3 is 2.24 bits per heavy atom. The molecule has 0 radical (unpaired) electrons. The number of fused-ring (bicyclic) bond motifs is 6. The number of carbonyl (C=O) groups excluding carboxylic acids is 2. The first-order valence-electron chi connectivity index (χ1n) is 21.7. The summed E-state index contributed by atoms with van der Waals surface area (Å²) >= 11 is 0. The second-order valence-electron chi connectivity index (χ2n) is 17.0. The van der Waals surface area contributed by atoms with Crippen LogP contribution < -0.4 is 34.2 Å². The average Bonchev–Trinajstić information content (AvgIpc) is 3.95. The number of ether oxygens (including phenoxy) is 6. The normalized spacial score (nSPS) is 21.5. The van der Waals surface area contributed by atoms with E-state index in [0.717, 1.165) is 70.7 Å². The Morgan fingerprint density at radius 1 is 0.758 bits per heavy atom. The molecule has 9 rings (SSSR count). The zero-order chi connectivity index (χ0) is 42.9. The average molecular weight is 835 g/mol. The van der Waals surface area contributed by atoms with Crippen LogP contribution in [0.4, 0.5) is 5.69 Å². The number of benzene rings is 4. The van der Waals surface area contributed by atoms with Gasteiger partial charge in [-0.2, -0.15) is 0 Å². The molecule has 5 aliphatic rings. The van der Waals surface area contributed by atoms with Gasteiger partial charge >= 0.3 is 0 Å². The number of nitrogen functional groups attached to an aromatic ring is 1. The van der Waals surface area contributed by atoms with Gasteiger partial charge in [-0.1, -0.05) is 49.4 Å². The summed E-state index contributed by atoms with van der Waals surface area (Å²) in [4.78, 5) is 30.0. The second-order valence-corrected chi connectivity index (χ2v) is 17.0. The van der Waals surface area contributed by atoms with Gasteiger partial charge < -0.3 is 39.1 Å². The summed E-state index contributed by atoms with van der Waals surface area (Å²) in [5.41, 5.74) is 15.4. The van der Waals surface area contributed by atoms with Gasteiger partial charge in [0.1, 0.15) is 0 Å². The second kappa shape index (κ2) is 17.5. The zero-order valence-corrected chi connectivity index (χ0v) is 35.9. The quantitative estimate of drug-likeness (QED) is 0.0946. The summed E-state index contributed by atoms with van der Waals surface area (Å²) in [6.07, 6.45) is 16.2. The number of nitrogens with zero attached hydrogens (tertiary/aromatic N) is 1. The number of nitrogens with two attached hydrogens (primary N) is 1. The standard InChI is InChI=1S/C52H54N2O8/c1-31-7-5-8-40-23-38(36-12-16-46-49(24-36)62-30-61-46)29-54(40)52(56)44-28-48(58-4)50(25-41(31)44)59-17-6-18-60-51-26-42-32(2)19-34-20-33(9-15-45(55)43(42)27-47(51)57-3)21-37(22-34)35-10-13-39(53)14-11-35/h5,8,10-14,16,19,21,24-29,31,33-34,40H,6-7,9,15,17-18,20,22-23,30,53H2,1-4H3. The highest BCUT2D eigenvalue weighted by Crippen LogP contribution is 2.44. The molecule has 4 aromatic carbocycles. The minimum atomic E-state index is -0.105. The number of allylic oxidation sites excluding steroid dienone is 5. The van der Waals surface area contributed by atoms with Gasteiger partial charge in [0.25, 0.3) is 5.91 Å². The zero-order valence-electron chi connectivity index (χ0n) is 35.9. The summed E-state index contributed by atoms with van der Waals surface area (Å²) in [6, 6.07) is 21.5. The van der Waals surface area contributed by atoms with Gasteiger partial charge in [0.05, 0.1) is 33.5 Å². The van der Waals surface area contributed by atoms with Crippen LogP contribution in [0.25, 0.3) is 16.7 Å². The third-order valence-corrected chi connectivity index (χ3v) is 12.9. The predicted molar refractivity (Wildman–Crippen MR) is 241 cm³/mol. The Hall–Kier alpha value is -6.42. The predicted octanol–water partition coefficient (Wildman–Crippen LogP) is 10.7. The van der Waals surface area contributed by atoms with Crippen LogP contribution in [0.3, 0.4) is 0 Å². The molecule has 0 spiro atoms. The minimum absolute atomic E-state index is 0.0731. The van der Waals surface area contributed by atoms with Crippen LogP contribution in [0.1, 0.15) is 108 Å². The highest BCUT2D eigenvalue weighted by Gasteiger charge is 2.33. The van der Waals surface area contributed by atoms with Gasteiger partial charge in [0.2, 0.25) is 6.79 Å². The maximum atomic E-state index is 14.4. The molecular weight excluding hydrogens is 781 g/mol. The maximum absolute atomic E-state index is 14.4. The highest BCUT2D eigenvalue weighted by molar-refractivity contribution is 6.02. The number of hydrogen-bond acceptors (Lipinski definition) is 9. The topological polar surface area (TPSA) is 119 Å². The van der Waals surface area contributed by atoms with Crippen LogP contribution in [0.5, 0.6) is 34.5 Å². The summed E-state index contributed by atoms with van der Waals surface area (Å²) in [7, 11) is 3.20. The Morgan fingerprint density at radius 2 is 1.47 bits per heavy atom. The van der Waals surface area contributed by atoms with Gasteiger partial charge in [0.15, 0.2) is 40.3 Å². The molecule has 4 aromatic rings. The molecule has 3 heterocycles. The first-order chi connectivity index (χ1) is 30.1. The molecule has 2 N–H and O–H groups in total. The maximum Gasteiger partial charge on any atom is 0.258 e. The van der Waals surface area contributed by atoms with Crippen LogP contribution >= 0.6 is 0 Å². The Bertz CT molecular complexity index is 2520. The number of methoxy groups -OCH3 is 2. The minimum Gasteiger partial charge on any atom is -0.493 e. The van der Waals surface area contributed by atoms with Gasteiger partial charge in [-0.15, -0.1) is 0 Å². The highest BCUT2D eigenvalue weighted by atomic mass is 16.7. The molecule has 320 valence electrons. The van der Waals surface area contributed by atoms with Gasteiger partial charge in [-0.05, 0) is 144 Å². The van der Waals surface area contributed by atoms with Crippen LogP contribution in [0.2, 0.25) is 0 Å². The first kappa shape index (κ1) is 41.0. The lowest BCUT2D eigenvalue weighted by molar-refractivity contribution is 0.0804. The smallest absolute Gasteiger partial charge is 0.258 e. The number of carbonyl (C=O) groups is 2. The van der Waals surface area contributed by atoms with Gasteiger partial charge in [-0.3, -0.25) is 9.59 Å². The number of Topliss-reactive ketones (excluding diaryl/α,β-unsaturated/α-hetero) is 1. The molecule has 2 bridgehead atoms. The van der Waals surface area contributed by atoms with Crippen molar-refractivity contribution in [3.05, 3.63) is 131 Å². The van der Waals surface area contributed by atoms with E-state index < -0.39 is 0 Å². The summed E-state index contributed by atoms with van der Waals surface area (Å²) < 4.78 is 35.5. The molecule has 62 heavy (non-hydrogen) atoms. The molecule has 4 atom stereocenters. The fraction of sp³-hybridized carbons (Fsp3) is 0.346. The molecular formula is C52H54N2O8. The third-order valence-electron chi connectivity index (χ3n) is 12.9. The number of amides is 1. The molecule has 0 aromatic heterocycles. The summed E-state index contributed by atoms with van der Waals surface area (Å²) in [5, 5.41) is 0. The molecule has 0 fully saturated rings. The van der Waals surface area contributed by atoms with Crippen molar-refractivity contribution in [2.45, 2.75) is 70.8 Å². The van der Waals surface area contributed by atoms with Gasteiger partial charge in [-0.25, -0.2) is 0 Å². The molecule has 10 nitrogen and oxygen atoms in total. The van der Waals surface area contributed by atoms with Crippen molar-refractivity contribution in [3.8, 4) is 34.5 Å². The van der Waals surface area contributed by atoms with Crippen molar-refractivity contribution >= 4 is 34.1 Å². The van der Waals surface area contributed by atoms with E-state index >= 15 is 0 Å². The molecule has 0 saturated heterocycles. The fourth-order valence-corrected chi connectivity index (χ4v) is 9.57. The Labute approximate surface area is 363 Å². The van der Waals surface area contributed by atoms with Crippen molar-refractivity contribution in [1.82, 2.24) is 4.90 Å². The van der Waals surface area contributed by atoms with Crippen LogP contribution in [0, 0.1) is 11.8 Å². The molecule has 3 aliphatic heterocycles. The molecule has 10 heteroatoms. The van der Waals surface area contributed by atoms with E-state index in [4.69, 9.17) is 34.2 Å². The number of rotatable bonds is 10. The summed E-state index contributed by atoms with van der Waals surface area (Å²) in [6.45, 7) is 5.15. The lowest BCUT2D eigenvalue weighted by Gasteiger charge is -2.29. The SMILES string of the molecule is COc1cc2c(cc1OCCCOc1cc3c(cc1OC)C(=O)N1C=C(c4ccc5c(c4)OCO5)CC1C=CCC3C)C(C)=CC1CC(c3ccc(N)cc3)=CC(CCC2=O)C1. The molecule has 4 unspecified atom stereocenters. The van der Waals surface area contributed by atoms with E-state index in [1.54, 1.807) is 14.2 Å². The van der Waals surface area contributed by atoms with Crippen LogP contribution in [-0.4, -0.2) is 56.9 Å². The largest absolute Gasteiger partial charge is 0.493 e. The number of anilines is 1. The lowest BCUT2D eigenvalue weighted by atomic mass is 9.76. The monoisotopic (exact) mass is 834 g/mol. The van der Waals surface area contributed by atoms with E-state index in [-0.39, 0.29) is 30.4 Å². The summed E-state index contributed by atoms with van der Waals surface area (Å²) in [5.74, 6) is 4.39. The lowest BCUT2D eigenvalue weighted by Crippen LogP contribution is -2.32. The third kappa shape index (κ3) is 8.30. The van der Waals surface area contributed by atoms with Crippen molar-refractivity contribution in [2.24, 2.45) is 11.8 Å². The molecule has 0 saturated carbocycles. The van der Waals surface area contributed by atoms with Crippen molar-refractivity contribution in [2.75, 3.05) is 40.0 Å². The van der Waals surface area contributed by atoms with E-state index in [0.29, 0.717) is 78.4 Å². The molecule has 1 amide bonds. The Kier molecular flexibility index (Phi) is 11.6. The number of hydrogen-bond donors (Lipinski definition) is 1. The van der Waals surface area contributed by atoms with E-state index in [2.05, 4.69) is 50.3 Å². The Balaban J connectivity index is 0.889. The van der Waals surface area contributed by atoms with Crippen molar-refractivity contribution < 1.29 is 38.0 Å². The van der Waals surface area contributed by atoms with Crippen LogP contribution in [0.15, 0.2) is 97.2 Å². The van der Waals surface area contributed by atoms with Crippen LogP contribution in [-0.2, 0) is 0 Å². The first-order valence-corrected chi connectivity index (χ1v) is 21.7.